The molecule has 0 radical (unpaired) electrons. The molecule has 9 nitrogen and oxygen atoms in total. The number of morpholine rings is 1. The normalized spacial score (nSPS) is 17.0. The molecule has 1 unspecified atom stereocenters. The number of carbonyl (C=O) groups excluding carboxylic acids is 2. The molecule has 2 aromatic carbocycles. The Bertz CT molecular complexity index is 1040. The third kappa shape index (κ3) is 7.94. The van der Waals surface area contributed by atoms with Crippen LogP contribution >= 0.6 is 12.4 Å². The average molecular weight is 518 g/mol. The number of ether oxygens (including phenoxy) is 4. The summed E-state index contributed by atoms with van der Waals surface area (Å²) in [5, 5.41) is 9.38. The van der Waals surface area contributed by atoms with Gasteiger partial charge in [0.2, 0.25) is 0 Å². The maximum absolute atomic E-state index is 12.8. The zero-order chi connectivity index (χ0) is 24.5. The molecule has 2 aromatic rings. The first kappa shape index (κ1) is 27.4. The Kier molecular flexibility index (Phi) is 10.5. The number of nitrogens with zero attached hydrogens (tertiary/aromatic N) is 2. The van der Waals surface area contributed by atoms with E-state index >= 15 is 0 Å². The summed E-state index contributed by atoms with van der Waals surface area (Å²) in [5.41, 5.74) is 3.11. The second kappa shape index (κ2) is 13.8. The Labute approximate surface area is 217 Å². The molecule has 1 fully saturated rings. The molecule has 0 saturated carbocycles. The van der Waals surface area contributed by atoms with Gasteiger partial charge < -0.3 is 24.3 Å². The lowest BCUT2D eigenvalue weighted by Gasteiger charge is -2.25. The van der Waals surface area contributed by atoms with Crippen LogP contribution in [0, 0.1) is 5.92 Å². The van der Waals surface area contributed by atoms with E-state index in [1.54, 1.807) is 25.5 Å². The molecule has 0 aromatic heterocycles. The van der Waals surface area contributed by atoms with Crippen LogP contribution < -0.4 is 10.1 Å². The summed E-state index contributed by atoms with van der Waals surface area (Å²) in [4.78, 5) is 24.8. The van der Waals surface area contributed by atoms with Crippen molar-refractivity contribution in [3.8, 4) is 5.75 Å². The van der Waals surface area contributed by atoms with Crippen molar-refractivity contribution >= 4 is 36.2 Å². The summed E-state index contributed by atoms with van der Waals surface area (Å²) < 4.78 is 21.2. The lowest BCUT2D eigenvalue weighted by molar-refractivity contribution is -0.146. The third-order valence-corrected chi connectivity index (χ3v) is 5.84. The molecule has 2 aliphatic heterocycles. The molecule has 2 aliphatic rings. The van der Waals surface area contributed by atoms with Crippen LogP contribution in [0.1, 0.15) is 27.9 Å². The van der Waals surface area contributed by atoms with Gasteiger partial charge in [0.05, 0.1) is 52.2 Å². The van der Waals surface area contributed by atoms with Crippen molar-refractivity contribution in [2.24, 2.45) is 11.0 Å². The van der Waals surface area contributed by atoms with E-state index < -0.39 is 0 Å². The van der Waals surface area contributed by atoms with Crippen LogP contribution in [0.4, 0.5) is 5.69 Å². The van der Waals surface area contributed by atoms with E-state index in [1.807, 2.05) is 35.3 Å². The van der Waals surface area contributed by atoms with Gasteiger partial charge >= 0.3 is 5.97 Å². The molecular weight excluding hydrogens is 486 g/mol. The second-order valence-corrected chi connectivity index (χ2v) is 8.51. The van der Waals surface area contributed by atoms with Crippen LogP contribution in [-0.4, -0.2) is 76.3 Å². The van der Waals surface area contributed by atoms with Gasteiger partial charge in [-0.15, -0.1) is 12.4 Å². The van der Waals surface area contributed by atoms with E-state index in [9.17, 15) is 9.59 Å². The molecule has 4 rings (SSSR count). The topological polar surface area (TPSA) is 98.7 Å². The first-order valence-corrected chi connectivity index (χ1v) is 11.8. The predicted molar refractivity (Wildman–Crippen MR) is 138 cm³/mol. The van der Waals surface area contributed by atoms with Crippen molar-refractivity contribution in [1.82, 2.24) is 5.01 Å². The summed E-state index contributed by atoms with van der Waals surface area (Å²) in [6.07, 6.45) is 2.75. The average Bonchev–Trinajstić information content (AvgIpc) is 2.88. The minimum atomic E-state index is -0.262. The van der Waals surface area contributed by atoms with Gasteiger partial charge in [0.15, 0.2) is 0 Å². The number of methoxy groups -OCH3 is 1. The smallest absolute Gasteiger partial charge is 0.306 e. The molecule has 2 heterocycles. The van der Waals surface area contributed by atoms with E-state index in [4.69, 9.17) is 18.9 Å². The van der Waals surface area contributed by atoms with Crippen LogP contribution in [0.2, 0.25) is 0 Å². The Morgan fingerprint density at radius 2 is 1.92 bits per heavy atom. The highest BCUT2D eigenvalue weighted by molar-refractivity contribution is 6.04. The number of rotatable bonds is 9. The molecule has 10 heteroatoms. The minimum Gasteiger partial charge on any atom is -0.493 e. The summed E-state index contributed by atoms with van der Waals surface area (Å²) >= 11 is 0. The maximum Gasteiger partial charge on any atom is 0.306 e. The van der Waals surface area contributed by atoms with Gasteiger partial charge in [0, 0.05) is 24.3 Å². The predicted octanol–water partition coefficient (Wildman–Crippen LogP) is 3.16. The van der Waals surface area contributed by atoms with Gasteiger partial charge in [-0.2, -0.15) is 5.10 Å². The Morgan fingerprint density at radius 3 is 2.67 bits per heavy atom. The molecule has 0 spiro atoms. The minimum absolute atomic E-state index is 0. The van der Waals surface area contributed by atoms with E-state index in [-0.39, 0.29) is 43.2 Å². The summed E-state index contributed by atoms with van der Waals surface area (Å²) in [7, 11) is 1.56. The number of amides is 1. The number of esters is 1. The van der Waals surface area contributed by atoms with E-state index in [1.165, 1.54) is 0 Å². The fourth-order valence-electron chi connectivity index (χ4n) is 3.94. The Hall–Kier alpha value is -3.14. The molecule has 0 bridgehead atoms. The van der Waals surface area contributed by atoms with Crippen LogP contribution in [0.15, 0.2) is 47.6 Å². The van der Waals surface area contributed by atoms with E-state index in [0.717, 1.165) is 30.0 Å². The van der Waals surface area contributed by atoms with Crippen LogP contribution in [0.3, 0.4) is 0 Å². The summed E-state index contributed by atoms with van der Waals surface area (Å²) in [6, 6.07) is 12.9. The first-order chi connectivity index (χ1) is 17.1. The Morgan fingerprint density at radius 1 is 1.14 bits per heavy atom. The maximum atomic E-state index is 12.8. The molecule has 0 aliphatic carbocycles. The van der Waals surface area contributed by atoms with Crippen molar-refractivity contribution in [3.05, 3.63) is 59.2 Å². The second-order valence-electron chi connectivity index (χ2n) is 8.51. The van der Waals surface area contributed by atoms with Crippen LogP contribution in [-0.2, 0) is 25.4 Å². The molecular formula is C26H32ClN3O6. The zero-order valence-electron chi connectivity index (χ0n) is 20.3. The largest absolute Gasteiger partial charge is 0.493 e. The van der Waals surface area contributed by atoms with Crippen LogP contribution in [0.25, 0.3) is 0 Å². The van der Waals surface area contributed by atoms with Gasteiger partial charge in [-0.1, -0.05) is 12.1 Å². The van der Waals surface area contributed by atoms with E-state index in [2.05, 4.69) is 10.4 Å². The van der Waals surface area contributed by atoms with Crippen molar-refractivity contribution in [2.45, 2.75) is 12.8 Å². The highest BCUT2D eigenvalue weighted by Crippen LogP contribution is 2.31. The fraction of sp³-hybridized carbons (Fsp3) is 0.423. The number of benzene rings is 2. The third-order valence-electron chi connectivity index (χ3n) is 5.84. The summed E-state index contributed by atoms with van der Waals surface area (Å²) in [5.74, 6) is 0.338. The number of hydrogen-bond acceptors (Lipinski definition) is 8. The highest BCUT2D eigenvalue weighted by atomic mass is 35.5. The van der Waals surface area contributed by atoms with Crippen molar-refractivity contribution < 1.29 is 28.5 Å². The number of anilines is 1. The first-order valence-electron chi connectivity index (χ1n) is 11.8. The van der Waals surface area contributed by atoms with Gasteiger partial charge in [-0.05, 0) is 47.9 Å². The number of hydrogen-bond donors (Lipinski definition) is 1. The molecule has 36 heavy (non-hydrogen) atoms. The lowest BCUT2D eigenvalue weighted by atomic mass is 9.93. The number of halogens is 1. The number of nitrogens with one attached hydrogen (secondary N) is 1. The molecule has 1 saturated heterocycles. The SMILES string of the molecule is COCCOC(=O)CC1COc2ccc(NC(=O)c3ccc(C=NN4CCOCC4)cc3)cc2C1.Cl. The fourth-order valence-corrected chi connectivity index (χ4v) is 3.94. The van der Waals surface area contributed by atoms with Crippen LogP contribution in [0.5, 0.6) is 5.75 Å². The lowest BCUT2D eigenvalue weighted by Crippen LogP contribution is -2.32. The van der Waals surface area contributed by atoms with Gasteiger partial charge in [0.1, 0.15) is 12.4 Å². The highest BCUT2D eigenvalue weighted by Gasteiger charge is 2.23. The van der Waals surface area contributed by atoms with Gasteiger partial charge in [0.25, 0.3) is 5.91 Å². The zero-order valence-corrected chi connectivity index (χ0v) is 21.1. The van der Waals surface area contributed by atoms with Crippen molar-refractivity contribution in [3.63, 3.8) is 0 Å². The van der Waals surface area contributed by atoms with Gasteiger partial charge in [-0.3, -0.25) is 14.6 Å². The molecule has 194 valence electrons. The molecule has 1 amide bonds. The molecule has 1 atom stereocenters. The quantitative estimate of drug-likeness (QED) is 0.310. The number of hydrazone groups is 1. The number of carbonyl (C=O) groups is 2. The van der Waals surface area contributed by atoms with Crippen molar-refractivity contribution in [1.29, 1.82) is 0 Å². The monoisotopic (exact) mass is 517 g/mol. The van der Waals surface area contributed by atoms with Crippen molar-refractivity contribution in [2.75, 3.05) is 58.6 Å². The standard InChI is InChI=1S/C26H31N3O6.ClH/c1-32-12-13-34-25(30)15-20-14-22-16-23(6-7-24(22)35-18-20)28-26(31)21-4-2-19(3-5-21)17-27-29-8-10-33-11-9-29;/h2-7,16-17,20H,8-15,18H2,1H3,(H,28,31);1H. The summed E-state index contributed by atoms with van der Waals surface area (Å²) in [6.45, 7) is 4.02. The number of fused-ring (bicyclic) bond motifs is 1. The molecule has 1 N–H and O–H groups in total. The van der Waals surface area contributed by atoms with Gasteiger partial charge in [-0.25, -0.2) is 0 Å². The van der Waals surface area contributed by atoms with E-state index in [0.29, 0.717) is 44.1 Å². The Balaban J connectivity index is 0.00000361.